The molecule has 4 aromatic rings. The van der Waals surface area contributed by atoms with Crippen LogP contribution in [0.25, 0.3) is 16.6 Å². The number of aliphatic hydroxyl groups is 1. The molecular formula is C24H32N8O3. The largest absolute Gasteiger partial charge is 0.425 e. The van der Waals surface area contributed by atoms with Gasteiger partial charge in [-0.1, -0.05) is 0 Å². The predicted molar refractivity (Wildman–Crippen MR) is 129 cm³/mol. The third-order valence-electron chi connectivity index (χ3n) is 6.80. The van der Waals surface area contributed by atoms with Crippen LogP contribution < -0.4 is 5.32 Å². The normalized spacial score (nSPS) is 19.8. The molecule has 186 valence electrons. The molecule has 1 atom stereocenters. The number of aromatic nitrogens is 7. The van der Waals surface area contributed by atoms with Crippen LogP contribution in [0.5, 0.6) is 0 Å². The Kier molecular flexibility index (Phi) is 6.28. The first kappa shape index (κ1) is 23.4. The Morgan fingerprint density at radius 3 is 2.77 bits per heavy atom. The first-order valence-corrected chi connectivity index (χ1v) is 12.0. The van der Waals surface area contributed by atoms with Crippen LogP contribution in [0.15, 0.2) is 35.5 Å². The molecule has 11 heteroatoms. The zero-order valence-electron chi connectivity index (χ0n) is 20.5. The van der Waals surface area contributed by atoms with E-state index in [1.165, 1.54) is 6.39 Å². The van der Waals surface area contributed by atoms with Gasteiger partial charge >= 0.3 is 0 Å². The standard InChI is InChI=1S/C24H32N8O3/c1-15(13-34-4)28-23-25-11-21-19(9-20(32(21)30-23)16-5-7-18(33)8-6-16)17-10-27-31(12-17)24(2,3)22-29-26-14-35-22/h9-12,14-16,18,33H,5-8,13H2,1-4H3,(H,28,30)/t15-,16-,18-/m0/s1. The molecule has 4 heterocycles. The zero-order chi connectivity index (χ0) is 24.6. The van der Waals surface area contributed by atoms with Crippen LogP contribution in [0.4, 0.5) is 5.95 Å². The van der Waals surface area contributed by atoms with Crippen molar-refractivity contribution in [2.45, 2.75) is 70.1 Å². The smallest absolute Gasteiger partial charge is 0.243 e. The quantitative estimate of drug-likeness (QED) is 0.390. The fourth-order valence-electron chi connectivity index (χ4n) is 4.79. The Balaban J connectivity index is 1.55. The molecule has 0 bridgehead atoms. The van der Waals surface area contributed by atoms with E-state index in [1.54, 1.807) is 7.11 Å². The predicted octanol–water partition coefficient (Wildman–Crippen LogP) is 3.22. The molecule has 4 aromatic heterocycles. The molecule has 0 radical (unpaired) electrons. The van der Waals surface area contributed by atoms with Gasteiger partial charge in [-0.25, -0.2) is 9.50 Å². The summed E-state index contributed by atoms with van der Waals surface area (Å²) in [5, 5.41) is 30.7. The average molecular weight is 481 g/mol. The zero-order valence-corrected chi connectivity index (χ0v) is 20.5. The summed E-state index contributed by atoms with van der Waals surface area (Å²) < 4.78 is 14.5. The SMILES string of the molecule is COC[C@H](C)Nc1ncc2c(-c3cnn(C(C)(C)c4nnco4)c3)cc([C@H]3CC[C@H](O)CC3)n2n1. The number of rotatable bonds is 8. The third-order valence-corrected chi connectivity index (χ3v) is 6.80. The molecule has 2 N–H and O–H groups in total. The maximum Gasteiger partial charge on any atom is 0.243 e. The Hall–Kier alpha value is -3.31. The molecule has 5 rings (SSSR count). The number of hydrogen-bond acceptors (Lipinski definition) is 9. The van der Waals surface area contributed by atoms with E-state index in [9.17, 15) is 5.11 Å². The molecule has 0 saturated heterocycles. The van der Waals surface area contributed by atoms with Gasteiger partial charge in [0.05, 0.1) is 30.6 Å². The van der Waals surface area contributed by atoms with Crippen LogP contribution in [-0.4, -0.2) is 65.5 Å². The van der Waals surface area contributed by atoms with Crippen LogP contribution in [0.1, 0.15) is 64.0 Å². The fraction of sp³-hybridized carbons (Fsp3) is 0.542. The van der Waals surface area contributed by atoms with Gasteiger partial charge in [0.1, 0.15) is 5.54 Å². The summed E-state index contributed by atoms with van der Waals surface area (Å²) in [4.78, 5) is 4.58. The lowest BCUT2D eigenvalue weighted by atomic mass is 9.85. The summed E-state index contributed by atoms with van der Waals surface area (Å²) in [6.07, 6.45) is 10.2. The second-order valence-corrected chi connectivity index (χ2v) is 9.84. The lowest BCUT2D eigenvalue weighted by Crippen LogP contribution is -2.28. The molecule has 0 spiro atoms. The summed E-state index contributed by atoms with van der Waals surface area (Å²) in [5.41, 5.74) is 3.39. The van der Waals surface area contributed by atoms with E-state index in [1.807, 2.05) is 48.6 Å². The molecule has 1 aliphatic rings. The number of nitrogens with one attached hydrogen (secondary N) is 1. The molecule has 0 aromatic carbocycles. The van der Waals surface area contributed by atoms with Crippen LogP contribution in [0.3, 0.4) is 0 Å². The molecule has 0 unspecified atom stereocenters. The summed E-state index contributed by atoms with van der Waals surface area (Å²) in [7, 11) is 1.68. The monoisotopic (exact) mass is 480 g/mol. The molecule has 1 saturated carbocycles. The van der Waals surface area contributed by atoms with E-state index in [0.29, 0.717) is 24.4 Å². The van der Waals surface area contributed by atoms with Crippen molar-refractivity contribution < 1.29 is 14.3 Å². The van der Waals surface area contributed by atoms with Crippen molar-refractivity contribution >= 4 is 11.5 Å². The van der Waals surface area contributed by atoms with Crippen molar-refractivity contribution in [1.29, 1.82) is 0 Å². The van der Waals surface area contributed by atoms with E-state index in [2.05, 4.69) is 31.7 Å². The minimum absolute atomic E-state index is 0.0749. The minimum atomic E-state index is -0.599. The van der Waals surface area contributed by atoms with E-state index < -0.39 is 5.54 Å². The molecule has 1 aliphatic carbocycles. The number of fused-ring (bicyclic) bond motifs is 1. The highest BCUT2D eigenvalue weighted by molar-refractivity contribution is 5.81. The highest BCUT2D eigenvalue weighted by Gasteiger charge is 2.31. The third kappa shape index (κ3) is 4.53. The Labute approximate surface area is 203 Å². The molecule has 0 aliphatic heterocycles. The molecule has 1 fully saturated rings. The molecular weight excluding hydrogens is 448 g/mol. The first-order valence-electron chi connectivity index (χ1n) is 12.0. The van der Waals surface area contributed by atoms with Gasteiger partial charge in [-0.3, -0.25) is 4.68 Å². The van der Waals surface area contributed by atoms with Crippen molar-refractivity contribution in [2.75, 3.05) is 19.0 Å². The van der Waals surface area contributed by atoms with Crippen molar-refractivity contribution in [3.8, 4) is 11.1 Å². The van der Waals surface area contributed by atoms with Crippen LogP contribution in [0, 0.1) is 0 Å². The first-order chi connectivity index (χ1) is 16.9. The lowest BCUT2D eigenvalue weighted by Gasteiger charge is -2.25. The average Bonchev–Trinajstić information content (AvgIpc) is 3.59. The van der Waals surface area contributed by atoms with E-state index in [0.717, 1.165) is 48.0 Å². The number of nitrogens with zero attached hydrogens (tertiary/aromatic N) is 7. The summed E-state index contributed by atoms with van der Waals surface area (Å²) in [5.74, 6) is 1.35. The number of methoxy groups -OCH3 is 1. The van der Waals surface area contributed by atoms with Crippen LogP contribution in [-0.2, 0) is 10.3 Å². The topological polar surface area (TPSA) is 128 Å². The second-order valence-electron chi connectivity index (χ2n) is 9.84. The molecule has 11 nitrogen and oxygen atoms in total. The van der Waals surface area contributed by atoms with Gasteiger partial charge in [0.25, 0.3) is 0 Å². The van der Waals surface area contributed by atoms with Crippen molar-refractivity contribution in [1.82, 2.24) is 34.6 Å². The summed E-state index contributed by atoms with van der Waals surface area (Å²) >= 11 is 0. The van der Waals surface area contributed by atoms with Gasteiger partial charge in [-0.2, -0.15) is 5.10 Å². The van der Waals surface area contributed by atoms with Crippen molar-refractivity contribution in [3.05, 3.63) is 42.6 Å². The van der Waals surface area contributed by atoms with Crippen LogP contribution >= 0.6 is 0 Å². The Morgan fingerprint density at radius 1 is 1.26 bits per heavy atom. The van der Waals surface area contributed by atoms with E-state index in [-0.39, 0.29) is 12.1 Å². The summed E-state index contributed by atoms with van der Waals surface area (Å²) in [6, 6.07) is 2.27. The number of anilines is 1. The number of ether oxygens (including phenoxy) is 1. The van der Waals surface area contributed by atoms with Gasteiger partial charge in [-0.15, -0.1) is 15.3 Å². The van der Waals surface area contributed by atoms with Gasteiger partial charge in [0.15, 0.2) is 0 Å². The number of hydrogen-bond donors (Lipinski definition) is 2. The lowest BCUT2D eigenvalue weighted by molar-refractivity contribution is 0.121. The highest BCUT2D eigenvalue weighted by Crippen LogP contribution is 2.38. The molecule has 35 heavy (non-hydrogen) atoms. The fourth-order valence-corrected chi connectivity index (χ4v) is 4.79. The van der Waals surface area contributed by atoms with Gasteiger partial charge in [0, 0.05) is 42.1 Å². The summed E-state index contributed by atoms with van der Waals surface area (Å²) in [6.45, 7) is 6.55. The van der Waals surface area contributed by atoms with E-state index in [4.69, 9.17) is 14.3 Å². The minimum Gasteiger partial charge on any atom is -0.425 e. The maximum absolute atomic E-state index is 10.0. The van der Waals surface area contributed by atoms with Gasteiger partial charge in [0.2, 0.25) is 18.2 Å². The van der Waals surface area contributed by atoms with Crippen molar-refractivity contribution in [2.24, 2.45) is 0 Å². The Morgan fingerprint density at radius 2 is 2.06 bits per heavy atom. The molecule has 0 amide bonds. The highest BCUT2D eigenvalue weighted by atomic mass is 16.5. The van der Waals surface area contributed by atoms with Gasteiger partial charge < -0.3 is 19.6 Å². The maximum atomic E-state index is 10.0. The van der Waals surface area contributed by atoms with Crippen molar-refractivity contribution in [3.63, 3.8) is 0 Å². The van der Waals surface area contributed by atoms with Gasteiger partial charge in [-0.05, 0) is 52.5 Å². The van der Waals surface area contributed by atoms with Crippen LogP contribution in [0.2, 0.25) is 0 Å². The second kappa shape index (κ2) is 9.38. The number of aliphatic hydroxyl groups excluding tert-OH is 1. The van der Waals surface area contributed by atoms with E-state index >= 15 is 0 Å². The Bertz CT molecular complexity index is 1270.